The molecule has 3 rings (SSSR count). The molecule has 0 atom stereocenters. The van der Waals surface area contributed by atoms with Crippen LogP contribution in [0.5, 0.6) is 11.5 Å². The molecule has 32 heavy (non-hydrogen) atoms. The van der Waals surface area contributed by atoms with Crippen LogP contribution in [0.1, 0.15) is 42.6 Å². The zero-order chi connectivity index (χ0) is 23.3. The van der Waals surface area contributed by atoms with Gasteiger partial charge in [-0.2, -0.15) is 0 Å². The smallest absolute Gasteiger partial charge is 0.254 e. The van der Waals surface area contributed by atoms with Crippen molar-refractivity contribution in [2.45, 2.75) is 33.2 Å². The van der Waals surface area contributed by atoms with Crippen molar-refractivity contribution in [2.24, 2.45) is 5.41 Å². The molecule has 2 aromatic carbocycles. The highest BCUT2D eigenvalue weighted by atomic mass is 19.1. The first kappa shape index (κ1) is 23.6. The SMILES string of the molecule is COc1ccc2cc1OCC(C)(C)C(=O)N(C)CCCCN(C(=O)c1ccc(F)cc1)C2. The third-order valence-corrected chi connectivity index (χ3v) is 5.67. The Kier molecular flexibility index (Phi) is 7.38. The summed E-state index contributed by atoms with van der Waals surface area (Å²) in [6.45, 7) is 5.44. The van der Waals surface area contributed by atoms with Gasteiger partial charge in [-0.3, -0.25) is 9.59 Å². The standard InChI is InChI=1S/C25H31FN2O4/c1-25(2)17-32-22-15-18(7-12-21(22)31-4)16-28(14-6-5-13-27(3)24(25)30)23(29)19-8-10-20(26)11-9-19/h7-12,15H,5-6,13-14,16-17H2,1-4H3. The Morgan fingerprint density at radius 1 is 1.09 bits per heavy atom. The Bertz CT molecular complexity index is 959. The lowest BCUT2D eigenvalue weighted by Gasteiger charge is -2.30. The second-order valence-electron chi connectivity index (χ2n) is 8.83. The average molecular weight is 443 g/mol. The molecular weight excluding hydrogens is 411 g/mol. The summed E-state index contributed by atoms with van der Waals surface area (Å²) in [5.74, 6) is 0.550. The fourth-order valence-electron chi connectivity index (χ4n) is 3.77. The van der Waals surface area contributed by atoms with Gasteiger partial charge in [0.15, 0.2) is 11.5 Å². The summed E-state index contributed by atoms with van der Waals surface area (Å²) in [4.78, 5) is 29.5. The quantitative estimate of drug-likeness (QED) is 0.702. The Balaban J connectivity index is 1.92. The summed E-state index contributed by atoms with van der Waals surface area (Å²) in [5, 5.41) is 0. The molecule has 0 aliphatic carbocycles. The lowest BCUT2D eigenvalue weighted by molar-refractivity contribution is -0.140. The fraction of sp³-hybridized carbons (Fsp3) is 0.440. The van der Waals surface area contributed by atoms with Gasteiger partial charge in [0.25, 0.3) is 5.91 Å². The predicted molar refractivity (Wildman–Crippen MR) is 120 cm³/mol. The van der Waals surface area contributed by atoms with Crippen LogP contribution in [0.25, 0.3) is 0 Å². The minimum absolute atomic E-state index is 0.00363. The predicted octanol–water partition coefficient (Wildman–Crippen LogP) is 4.13. The lowest BCUT2D eigenvalue weighted by atomic mass is 9.92. The number of carbonyl (C=O) groups is 2. The number of hydrogen-bond donors (Lipinski definition) is 0. The topological polar surface area (TPSA) is 59.1 Å². The van der Waals surface area contributed by atoms with E-state index in [4.69, 9.17) is 9.47 Å². The van der Waals surface area contributed by atoms with Crippen molar-refractivity contribution in [1.29, 1.82) is 0 Å². The Morgan fingerprint density at radius 2 is 1.78 bits per heavy atom. The van der Waals surface area contributed by atoms with Crippen LogP contribution in [0.3, 0.4) is 0 Å². The molecule has 0 saturated carbocycles. The van der Waals surface area contributed by atoms with E-state index in [0.717, 1.165) is 18.4 Å². The summed E-state index contributed by atoms with van der Waals surface area (Å²) in [7, 11) is 3.35. The minimum atomic E-state index is -0.690. The third-order valence-electron chi connectivity index (χ3n) is 5.67. The van der Waals surface area contributed by atoms with Crippen LogP contribution >= 0.6 is 0 Å². The van der Waals surface area contributed by atoms with Gasteiger partial charge in [-0.15, -0.1) is 0 Å². The van der Waals surface area contributed by atoms with E-state index in [1.165, 1.54) is 24.3 Å². The van der Waals surface area contributed by atoms with Crippen molar-refractivity contribution < 1.29 is 23.5 Å². The second-order valence-corrected chi connectivity index (χ2v) is 8.83. The van der Waals surface area contributed by atoms with Crippen molar-refractivity contribution >= 4 is 11.8 Å². The molecule has 0 radical (unpaired) electrons. The minimum Gasteiger partial charge on any atom is -0.493 e. The highest BCUT2D eigenvalue weighted by molar-refractivity contribution is 5.94. The fourth-order valence-corrected chi connectivity index (χ4v) is 3.77. The maximum absolute atomic E-state index is 13.3. The number of rotatable bonds is 2. The average Bonchev–Trinajstić information content (AvgIpc) is 2.78. The summed E-state index contributed by atoms with van der Waals surface area (Å²) in [6, 6.07) is 11.1. The molecule has 0 saturated heterocycles. The molecule has 172 valence electrons. The van der Waals surface area contributed by atoms with Crippen molar-refractivity contribution in [3.8, 4) is 11.5 Å². The first-order valence-corrected chi connectivity index (χ1v) is 10.8. The van der Waals surface area contributed by atoms with Crippen molar-refractivity contribution in [2.75, 3.05) is 33.9 Å². The largest absolute Gasteiger partial charge is 0.493 e. The molecule has 1 heterocycles. The van der Waals surface area contributed by atoms with Crippen LogP contribution in [-0.2, 0) is 11.3 Å². The van der Waals surface area contributed by atoms with Gasteiger partial charge in [0.1, 0.15) is 12.4 Å². The molecule has 0 unspecified atom stereocenters. The molecule has 2 amide bonds. The number of hydrogen-bond acceptors (Lipinski definition) is 4. The van der Waals surface area contributed by atoms with Crippen LogP contribution in [0.2, 0.25) is 0 Å². The number of carbonyl (C=O) groups excluding carboxylic acids is 2. The van der Waals surface area contributed by atoms with E-state index in [2.05, 4.69) is 0 Å². The molecule has 7 heteroatoms. The molecular formula is C25H31FN2O4. The monoisotopic (exact) mass is 442 g/mol. The van der Waals surface area contributed by atoms with Crippen LogP contribution in [0.15, 0.2) is 42.5 Å². The van der Waals surface area contributed by atoms with E-state index in [1.807, 2.05) is 26.0 Å². The second kappa shape index (κ2) is 10.0. The molecule has 1 aliphatic rings. The molecule has 2 aromatic rings. The zero-order valence-corrected chi connectivity index (χ0v) is 19.2. The molecule has 0 aromatic heterocycles. The molecule has 1 aliphatic heterocycles. The number of methoxy groups -OCH3 is 1. The lowest BCUT2D eigenvalue weighted by Crippen LogP contribution is -2.42. The zero-order valence-electron chi connectivity index (χ0n) is 19.2. The van der Waals surface area contributed by atoms with E-state index in [9.17, 15) is 14.0 Å². The van der Waals surface area contributed by atoms with Crippen LogP contribution in [0.4, 0.5) is 4.39 Å². The Hall–Kier alpha value is -3.09. The number of benzene rings is 2. The van der Waals surface area contributed by atoms with Gasteiger partial charge in [-0.1, -0.05) is 6.07 Å². The number of ether oxygens (including phenoxy) is 2. The number of halogens is 1. The first-order valence-electron chi connectivity index (χ1n) is 10.8. The Labute approximate surface area is 188 Å². The van der Waals surface area contributed by atoms with Crippen LogP contribution in [-0.4, -0.2) is 55.5 Å². The molecule has 0 N–H and O–H groups in total. The van der Waals surface area contributed by atoms with Crippen LogP contribution < -0.4 is 9.47 Å². The Morgan fingerprint density at radius 3 is 2.47 bits per heavy atom. The van der Waals surface area contributed by atoms with Gasteiger partial charge in [0.2, 0.25) is 5.91 Å². The van der Waals surface area contributed by atoms with E-state index >= 15 is 0 Å². The van der Waals surface area contributed by atoms with Crippen molar-refractivity contribution in [3.05, 3.63) is 59.4 Å². The maximum Gasteiger partial charge on any atom is 0.254 e. The highest BCUT2D eigenvalue weighted by Crippen LogP contribution is 2.31. The van der Waals surface area contributed by atoms with E-state index < -0.39 is 5.41 Å². The van der Waals surface area contributed by atoms with Gasteiger partial charge in [0, 0.05) is 32.2 Å². The first-order chi connectivity index (χ1) is 15.2. The number of amides is 2. The van der Waals surface area contributed by atoms with Gasteiger partial charge < -0.3 is 19.3 Å². The van der Waals surface area contributed by atoms with Gasteiger partial charge in [-0.05, 0) is 68.7 Å². The summed E-state index contributed by atoms with van der Waals surface area (Å²) in [6.07, 6.45) is 1.50. The summed E-state index contributed by atoms with van der Waals surface area (Å²) < 4.78 is 24.8. The van der Waals surface area contributed by atoms with Crippen LogP contribution in [0, 0.1) is 11.2 Å². The van der Waals surface area contributed by atoms with E-state index in [-0.39, 0.29) is 24.2 Å². The van der Waals surface area contributed by atoms with Crippen molar-refractivity contribution in [3.63, 3.8) is 0 Å². The van der Waals surface area contributed by atoms with Crippen molar-refractivity contribution in [1.82, 2.24) is 9.80 Å². The van der Waals surface area contributed by atoms with E-state index in [0.29, 0.717) is 36.7 Å². The molecule has 0 fully saturated rings. The maximum atomic E-state index is 13.3. The number of nitrogens with zero attached hydrogens (tertiary/aromatic N) is 2. The van der Waals surface area contributed by atoms with Gasteiger partial charge >= 0.3 is 0 Å². The summed E-state index contributed by atoms with van der Waals surface area (Å²) in [5.41, 5.74) is 0.630. The third kappa shape index (κ3) is 5.58. The number of fused-ring (bicyclic) bond motifs is 2. The van der Waals surface area contributed by atoms with E-state index in [1.54, 1.807) is 30.0 Å². The molecule has 2 bridgehead atoms. The van der Waals surface area contributed by atoms with Gasteiger partial charge in [-0.25, -0.2) is 4.39 Å². The highest BCUT2D eigenvalue weighted by Gasteiger charge is 2.32. The summed E-state index contributed by atoms with van der Waals surface area (Å²) >= 11 is 0. The molecule has 6 nitrogen and oxygen atoms in total. The normalized spacial score (nSPS) is 17.3. The van der Waals surface area contributed by atoms with Gasteiger partial charge in [0.05, 0.1) is 12.5 Å². The molecule has 0 spiro atoms.